The zero-order valence-corrected chi connectivity index (χ0v) is 18.3. The third-order valence-corrected chi connectivity index (χ3v) is 6.50. The van der Waals surface area contributed by atoms with Gasteiger partial charge >= 0.3 is 0 Å². The maximum absolute atomic E-state index is 13.4. The third kappa shape index (κ3) is 4.98. The summed E-state index contributed by atoms with van der Waals surface area (Å²) < 4.78 is 32.8. The number of sulfonamides is 1. The lowest BCUT2D eigenvalue weighted by molar-refractivity contribution is -0.384. The van der Waals surface area contributed by atoms with Crippen LogP contribution in [0, 0.1) is 10.1 Å². The van der Waals surface area contributed by atoms with Gasteiger partial charge in [0.2, 0.25) is 5.91 Å². The molecule has 0 aromatic heterocycles. The fourth-order valence-electron chi connectivity index (χ4n) is 2.90. The standard InChI is InChI=1S/C21H18ClN3O6S/c1-31-20-10-6-5-9-18(20)23-21(26)14-24(15-7-3-2-4-8-15)32(29,30)16-11-12-17(22)19(13-16)25(27)28/h2-13H,14H2,1H3,(H,23,26). The van der Waals surface area contributed by atoms with Gasteiger partial charge in [0.1, 0.15) is 17.3 Å². The largest absolute Gasteiger partial charge is 0.495 e. The molecule has 0 saturated carbocycles. The van der Waals surface area contributed by atoms with Gasteiger partial charge in [0.25, 0.3) is 15.7 Å². The summed E-state index contributed by atoms with van der Waals surface area (Å²) in [6, 6.07) is 17.8. The molecule has 0 radical (unpaired) electrons. The molecule has 0 aliphatic carbocycles. The van der Waals surface area contributed by atoms with Crippen molar-refractivity contribution >= 4 is 44.6 Å². The number of benzene rings is 3. The van der Waals surface area contributed by atoms with Crippen molar-refractivity contribution in [1.82, 2.24) is 0 Å². The van der Waals surface area contributed by atoms with Gasteiger partial charge in [-0.1, -0.05) is 41.9 Å². The zero-order valence-electron chi connectivity index (χ0n) is 16.8. The zero-order chi connectivity index (χ0) is 23.3. The molecule has 0 unspecified atom stereocenters. The van der Waals surface area contributed by atoms with Crippen molar-refractivity contribution in [3.8, 4) is 5.75 Å². The Kier molecular flexibility index (Phi) is 6.96. The number of carbonyl (C=O) groups excluding carboxylic acids is 1. The van der Waals surface area contributed by atoms with E-state index >= 15 is 0 Å². The van der Waals surface area contributed by atoms with Gasteiger partial charge in [0.15, 0.2) is 0 Å². The van der Waals surface area contributed by atoms with Crippen molar-refractivity contribution in [2.75, 3.05) is 23.3 Å². The van der Waals surface area contributed by atoms with E-state index in [-0.39, 0.29) is 15.6 Å². The van der Waals surface area contributed by atoms with E-state index in [1.54, 1.807) is 42.5 Å². The highest BCUT2D eigenvalue weighted by atomic mass is 35.5. The van der Waals surface area contributed by atoms with E-state index in [2.05, 4.69) is 5.32 Å². The molecule has 3 aromatic rings. The molecule has 0 saturated heterocycles. The highest BCUT2D eigenvalue weighted by Crippen LogP contribution is 2.31. The number of para-hydroxylation sites is 3. The number of nitro benzene ring substituents is 1. The number of anilines is 2. The Labute approximate surface area is 189 Å². The number of halogens is 1. The molecule has 1 amide bonds. The topological polar surface area (TPSA) is 119 Å². The Bertz CT molecular complexity index is 1250. The minimum atomic E-state index is -4.35. The van der Waals surface area contributed by atoms with E-state index in [0.717, 1.165) is 22.5 Å². The average molecular weight is 476 g/mol. The first-order chi connectivity index (χ1) is 15.2. The molecule has 32 heavy (non-hydrogen) atoms. The first kappa shape index (κ1) is 23.0. The number of ether oxygens (including phenoxy) is 1. The van der Waals surface area contributed by atoms with Gasteiger partial charge in [-0.05, 0) is 36.4 Å². The second-order valence-electron chi connectivity index (χ2n) is 6.47. The Morgan fingerprint density at radius 2 is 1.75 bits per heavy atom. The number of nitrogens with one attached hydrogen (secondary N) is 1. The second kappa shape index (κ2) is 9.67. The van der Waals surface area contributed by atoms with Crippen LogP contribution in [-0.2, 0) is 14.8 Å². The van der Waals surface area contributed by atoms with E-state index in [1.807, 2.05) is 0 Å². The Balaban J connectivity index is 1.99. The van der Waals surface area contributed by atoms with E-state index in [0.29, 0.717) is 11.4 Å². The highest BCUT2D eigenvalue weighted by Gasteiger charge is 2.29. The summed E-state index contributed by atoms with van der Waals surface area (Å²) in [5, 5.41) is 13.6. The number of carbonyl (C=O) groups is 1. The van der Waals surface area contributed by atoms with E-state index in [9.17, 15) is 23.3 Å². The Morgan fingerprint density at radius 1 is 1.09 bits per heavy atom. The lowest BCUT2D eigenvalue weighted by atomic mass is 10.3. The van der Waals surface area contributed by atoms with Crippen molar-refractivity contribution < 1.29 is 22.9 Å². The van der Waals surface area contributed by atoms with Gasteiger partial charge < -0.3 is 10.1 Å². The van der Waals surface area contributed by atoms with Gasteiger partial charge in [-0.2, -0.15) is 0 Å². The molecule has 11 heteroatoms. The van der Waals surface area contributed by atoms with Gasteiger partial charge in [-0.15, -0.1) is 0 Å². The minimum Gasteiger partial charge on any atom is -0.495 e. The van der Waals surface area contributed by atoms with Crippen molar-refractivity contribution in [3.63, 3.8) is 0 Å². The van der Waals surface area contributed by atoms with E-state index < -0.39 is 33.1 Å². The molecule has 0 aliphatic rings. The molecule has 0 heterocycles. The van der Waals surface area contributed by atoms with Crippen molar-refractivity contribution in [3.05, 3.63) is 87.9 Å². The van der Waals surface area contributed by atoms with Crippen molar-refractivity contribution in [2.45, 2.75) is 4.90 Å². The molecule has 0 spiro atoms. The molecule has 3 rings (SSSR count). The molecular formula is C21H18ClN3O6S. The molecule has 0 aliphatic heterocycles. The van der Waals surface area contributed by atoms with Crippen LogP contribution in [0.5, 0.6) is 5.75 Å². The van der Waals surface area contributed by atoms with Crippen molar-refractivity contribution in [1.29, 1.82) is 0 Å². The quantitative estimate of drug-likeness (QED) is 0.387. The average Bonchev–Trinajstić information content (AvgIpc) is 2.78. The fraction of sp³-hybridized carbons (Fsp3) is 0.0952. The van der Waals surface area contributed by atoms with Gasteiger partial charge in [0.05, 0.1) is 28.3 Å². The van der Waals surface area contributed by atoms with Crippen LogP contribution in [0.2, 0.25) is 5.02 Å². The Hall–Kier alpha value is -3.63. The molecule has 0 bridgehead atoms. The summed E-state index contributed by atoms with van der Waals surface area (Å²) in [4.78, 5) is 22.8. The van der Waals surface area contributed by atoms with Crippen LogP contribution >= 0.6 is 11.6 Å². The summed E-state index contributed by atoms with van der Waals surface area (Å²) in [6.07, 6.45) is 0. The summed E-state index contributed by atoms with van der Waals surface area (Å²) >= 11 is 5.81. The summed E-state index contributed by atoms with van der Waals surface area (Å²) in [6.45, 7) is -0.583. The van der Waals surface area contributed by atoms with E-state index in [1.165, 1.54) is 19.2 Å². The predicted molar refractivity (Wildman–Crippen MR) is 121 cm³/mol. The lowest BCUT2D eigenvalue weighted by Gasteiger charge is -2.24. The third-order valence-electron chi connectivity index (χ3n) is 4.41. The fourth-order valence-corrected chi connectivity index (χ4v) is 4.53. The SMILES string of the molecule is COc1ccccc1NC(=O)CN(c1ccccc1)S(=O)(=O)c1ccc(Cl)c([N+](=O)[O-])c1. The Morgan fingerprint density at radius 3 is 2.41 bits per heavy atom. The highest BCUT2D eigenvalue weighted by molar-refractivity contribution is 7.92. The molecule has 166 valence electrons. The molecule has 1 N–H and O–H groups in total. The second-order valence-corrected chi connectivity index (χ2v) is 8.74. The summed E-state index contributed by atoms with van der Waals surface area (Å²) in [5.41, 5.74) is 0.0204. The maximum Gasteiger partial charge on any atom is 0.289 e. The smallest absolute Gasteiger partial charge is 0.289 e. The molecular weight excluding hydrogens is 458 g/mol. The normalized spacial score (nSPS) is 10.9. The predicted octanol–water partition coefficient (Wildman–Crippen LogP) is 4.09. The summed E-state index contributed by atoms with van der Waals surface area (Å²) in [5.74, 6) is -0.228. The van der Waals surface area contributed by atoms with E-state index in [4.69, 9.17) is 16.3 Å². The van der Waals surface area contributed by atoms with Crippen molar-refractivity contribution in [2.24, 2.45) is 0 Å². The van der Waals surface area contributed by atoms with Crippen LogP contribution in [0.1, 0.15) is 0 Å². The van der Waals surface area contributed by atoms with Gasteiger partial charge in [0, 0.05) is 6.07 Å². The number of amides is 1. The van der Waals surface area contributed by atoms with Crippen LogP contribution < -0.4 is 14.4 Å². The molecule has 0 atom stereocenters. The van der Waals surface area contributed by atoms with Crippen LogP contribution in [0.25, 0.3) is 0 Å². The minimum absolute atomic E-state index is 0.200. The summed E-state index contributed by atoms with van der Waals surface area (Å²) in [7, 11) is -2.91. The lowest BCUT2D eigenvalue weighted by Crippen LogP contribution is -2.38. The van der Waals surface area contributed by atoms with Gasteiger partial charge in [-0.25, -0.2) is 8.42 Å². The number of methoxy groups -OCH3 is 1. The number of hydrogen-bond donors (Lipinski definition) is 1. The first-order valence-electron chi connectivity index (χ1n) is 9.18. The van der Waals surface area contributed by atoms with Crippen LogP contribution in [0.15, 0.2) is 77.7 Å². The molecule has 9 nitrogen and oxygen atoms in total. The van der Waals surface area contributed by atoms with Gasteiger partial charge in [-0.3, -0.25) is 19.2 Å². The first-order valence-corrected chi connectivity index (χ1v) is 11.0. The number of rotatable bonds is 8. The molecule has 3 aromatic carbocycles. The van der Waals surface area contributed by atoms with Crippen LogP contribution in [0.4, 0.5) is 17.1 Å². The van der Waals surface area contributed by atoms with Crippen LogP contribution in [-0.4, -0.2) is 32.9 Å². The molecule has 0 fully saturated rings. The maximum atomic E-state index is 13.4. The number of nitrogens with zero attached hydrogens (tertiary/aromatic N) is 2. The number of hydrogen-bond acceptors (Lipinski definition) is 6. The van der Waals surface area contributed by atoms with Crippen LogP contribution in [0.3, 0.4) is 0 Å². The monoisotopic (exact) mass is 475 g/mol. The number of nitro groups is 1.